The topological polar surface area (TPSA) is 55.6 Å². The molecule has 16 heavy (non-hydrogen) atoms. The number of methoxy groups -OCH3 is 1. The van der Waals surface area contributed by atoms with Crippen LogP contribution in [-0.4, -0.2) is 43.2 Å². The van der Waals surface area contributed by atoms with Gasteiger partial charge in [-0.1, -0.05) is 20.8 Å². The van der Waals surface area contributed by atoms with E-state index >= 15 is 0 Å². The van der Waals surface area contributed by atoms with Gasteiger partial charge < -0.3 is 15.4 Å². The largest absolute Gasteiger partial charge is 0.381 e. The van der Waals surface area contributed by atoms with E-state index in [-0.39, 0.29) is 11.3 Å². The molecule has 0 aromatic carbocycles. The van der Waals surface area contributed by atoms with E-state index < -0.39 is 6.04 Å². The fourth-order valence-corrected chi connectivity index (χ4v) is 1.88. The van der Waals surface area contributed by atoms with Gasteiger partial charge in [0.1, 0.15) is 0 Å². The molecule has 0 saturated carbocycles. The van der Waals surface area contributed by atoms with Crippen LogP contribution in [0, 0.1) is 5.41 Å². The molecule has 4 nitrogen and oxygen atoms in total. The Bertz CT molecular complexity index is 240. The van der Waals surface area contributed by atoms with Crippen LogP contribution in [0.25, 0.3) is 0 Å². The quantitative estimate of drug-likeness (QED) is 0.767. The molecule has 1 saturated heterocycles. The number of nitrogens with zero attached hydrogens (tertiary/aromatic N) is 1. The first-order chi connectivity index (χ1) is 7.36. The second kappa shape index (κ2) is 5.15. The lowest BCUT2D eigenvalue weighted by Crippen LogP contribution is -2.52. The third-order valence-corrected chi connectivity index (χ3v) is 3.29. The first kappa shape index (κ1) is 13.5. The van der Waals surface area contributed by atoms with E-state index in [2.05, 4.69) is 0 Å². The van der Waals surface area contributed by atoms with Gasteiger partial charge in [0.25, 0.3) is 0 Å². The number of hydrogen-bond donors (Lipinski definition) is 1. The second-order valence-electron chi connectivity index (χ2n) is 5.60. The number of amides is 1. The van der Waals surface area contributed by atoms with Gasteiger partial charge in [-0.05, 0) is 18.3 Å². The molecular weight excluding hydrogens is 204 g/mol. The molecule has 0 bridgehead atoms. The van der Waals surface area contributed by atoms with Crippen molar-refractivity contribution in [2.75, 3.05) is 20.2 Å². The molecule has 1 fully saturated rings. The fraction of sp³-hybridized carbons (Fsp3) is 0.917. The summed E-state index contributed by atoms with van der Waals surface area (Å²) in [5.41, 5.74) is 5.80. The van der Waals surface area contributed by atoms with Crippen LogP contribution in [0.3, 0.4) is 0 Å². The minimum atomic E-state index is -0.411. The number of hydrogen-bond acceptors (Lipinski definition) is 3. The van der Waals surface area contributed by atoms with Crippen molar-refractivity contribution >= 4 is 5.91 Å². The Balaban J connectivity index is 2.51. The molecule has 0 aliphatic carbocycles. The van der Waals surface area contributed by atoms with E-state index in [1.54, 1.807) is 7.11 Å². The van der Waals surface area contributed by atoms with Gasteiger partial charge in [-0.25, -0.2) is 0 Å². The molecule has 2 N–H and O–H groups in total. The molecule has 1 heterocycles. The highest BCUT2D eigenvalue weighted by molar-refractivity contribution is 5.82. The van der Waals surface area contributed by atoms with Crippen molar-refractivity contribution < 1.29 is 9.53 Å². The zero-order valence-corrected chi connectivity index (χ0v) is 10.8. The molecule has 0 aromatic heterocycles. The Morgan fingerprint density at radius 2 is 1.88 bits per heavy atom. The monoisotopic (exact) mass is 228 g/mol. The van der Waals surface area contributed by atoms with Crippen molar-refractivity contribution in [3.05, 3.63) is 0 Å². The smallest absolute Gasteiger partial charge is 0.240 e. The molecule has 1 unspecified atom stereocenters. The molecule has 0 spiro atoms. The maximum Gasteiger partial charge on any atom is 0.240 e. The fourth-order valence-electron chi connectivity index (χ4n) is 1.88. The van der Waals surface area contributed by atoms with Gasteiger partial charge in [-0.15, -0.1) is 0 Å². The van der Waals surface area contributed by atoms with Crippen LogP contribution in [0.4, 0.5) is 0 Å². The highest BCUT2D eigenvalue weighted by atomic mass is 16.5. The molecule has 1 rings (SSSR count). The summed E-state index contributed by atoms with van der Waals surface area (Å²) in [6, 6.07) is -0.411. The van der Waals surface area contributed by atoms with E-state index in [1.807, 2.05) is 25.7 Å². The van der Waals surface area contributed by atoms with Gasteiger partial charge in [0.05, 0.1) is 12.1 Å². The van der Waals surface area contributed by atoms with E-state index in [0.29, 0.717) is 6.10 Å². The van der Waals surface area contributed by atoms with Crippen LogP contribution < -0.4 is 5.73 Å². The average Bonchev–Trinajstić information content (AvgIpc) is 2.26. The third kappa shape index (κ3) is 3.19. The van der Waals surface area contributed by atoms with Crippen LogP contribution in [0.1, 0.15) is 33.6 Å². The first-order valence-corrected chi connectivity index (χ1v) is 5.93. The average molecular weight is 228 g/mol. The van der Waals surface area contributed by atoms with Crippen LogP contribution in [0.15, 0.2) is 0 Å². The van der Waals surface area contributed by atoms with Crippen molar-refractivity contribution in [2.24, 2.45) is 11.1 Å². The lowest BCUT2D eigenvalue weighted by Gasteiger charge is -2.36. The Labute approximate surface area is 98.1 Å². The minimum absolute atomic E-state index is 0.0713. The lowest BCUT2D eigenvalue weighted by atomic mass is 9.86. The number of likely N-dealkylation sites (tertiary alicyclic amines) is 1. The van der Waals surface area contributed by atoms with Gasteiger partial charge in [-0.3, -0.25) is 4.79 Å². The van der Waals surface area contributed by atoms with Crippen molar-refractivity contribution in [1.29, 1.82) is 0 Å². The van der Waals surface area contributed by atoms with Crippen molar-refractivity contribution in [3.8, 4) is 0 Å². The Kier molecular flexibility index (Phi) is 4.33. The second-order valence-corrected chi connectivity index (χ2v) is 5.60. The summed E-state index contributed by atoms with van der Waals surface area (Å²) in [5, 5.41) is 0. The summed E-state index contributed by atoms with van der Waals surface area (Å²) in [5.74, 6) is 0.0713. The predicted octanol–water partition coefficient (Wildman–Crippen LogP) is 0.997. The molecule has 0 radical (unpaired) electrons. The van der Waals surface area contributed by atoms with Crippen molar-refractivity contribution in [2.45, 2.75) is 45.8 Å². The first-order valence-electron chi connectivity index (χ1n) is 5.93. The highest BCUT2D eigenvalue weighted by Crippen LogP contribution is 2.21. The SMILES string of the molecule is COC1CCN(C(=O)C(N)C(C)(C)C)CC1. The minimum Gasteiger partial charge on any atom is -0.381 e. The number of nitrogens with two attached hydrogens (primary N) is 1. The van der Waals surface area contributed by atoms with Crippen LogP contribution in [-0.2, 0) is 9.53 Å². The number of ether oxygens (including phenoxy) is 1. The predicted molar refractivity (Wildman–Crippen MR) is 64.0 cm³/mol. The van der Waals surface area contributed by atoms with Gasteiger partial charge in [0.2, 0.25) is 5.91 Å². The normalized spacial score (nSPS) is 20.9. The molecule has 1 amide bonds. The maximum absolute atomic E-state index is 12.1. The Morgan fingerprint density at radius 3 is 2.25 bits per heavy atom. The molecule has 0 aromatic rings. The molecular formula is C12H24N2O2. The Hall–Kier alpha value is -0.610. The van der Waals surface area contributed by atoms with E-state index in [9.17, 15) is 4.79 Å². The zero-order chi connectivity index (χ0) is 12.3. The van der Waals surface area contributed by atoms with Gasteiger partial charge in [0.15, 0.2) is 0 Å². The summed E-state index contributed by atoms with van der Waals surface area (Å²) in [6.45, 7) is 7.52. The standard InChI is InChI=1S/C12H24N2O2/c1-12(2,3)10(13)11(15)14-7-5-9(16-4)6-8-14/h9-10H,5-8,13H2,1-4H3. The third-order valence-electron chi connectivity index (χ3n) is 3.29. The molecule has 1 aliphatic heterocycles. The molecule has 94 valence electrons. The number of carbonyl (C=O) groups excluding carboxylic acids is 1. The summed E-state index contributed by atoms with van der Waals surface area (Å²) >= 11 is 0. The van der Waals surface area contributed by atoms with Gasteiger partial charge >= 0.3 is 0 Å². The van der Waals surface area contributed by atoms with Crippen LogP contribution in [0.5, 0.6) is 0 Å². The van der Waals surface area contributed by atoms with Crippen LogP contribution >= 0.6 is 0 Å². The molecule has 1 atom stereocenters. The summed E-state index contributed by atoms with van der Waals surface area (Å²) in [4.78, 5) is 14.0. The lowest BCUT2D eigenvalue weighted by molar-refractivity contribution is -0.137. The summed E-state index contributed by atoms with van der Waals surface area (Å²) in [7, 11) is 1.73. The zero-order valence-electron chi connectivity index (χ0n) is 10.8. The van der Waals surface area contributed by atoms with Crippen molar-refractivity contribution in [1.82, 2.24) is 4.90 Å². The van der Waals surface area contributed by atoms with Gasteiger partial charge in [-0.2, -0.15) is 0 Å². The summed E-state index contributed by atoms with van der Waals surface area (Å²) in [6.07, 6.45) is 2.13. The number of carbonyl (C=O) groups is 1. The van der Waals surface area contributed by atoms with Gasteiger partial charge in [0, 0.05) is 20.2 Å². The Morgan fingerprint density at radius 1 is 1.38 bits per heavy atom. The number of piperidine rings is 1. The highest BCUT2D eigenvalue weighted by Gasteiger charge is 2.32. The van der Waals surface area contributed by atoms with Crippen LogP contribution in [0.2, 0.25) is 0 Å². The van der Waals surface area contributed by atoms with Crippen molar-refractivity contribution in [3.63, 3.8) is 0 Å². The van der Waals surface area contributed by atoms with E-state index in [0.717, 1.165) is 25.9 Å². The molecule has 1 aliphatic rings. The van der Waals surface area contributed by atoms with E-state index in [1.165, 1.54) is 0 Å². The van der Waals surface area contributed by atoms with E-state index in [4.69, 9.17) is 10.5 Å². The molecule has 4 heteroatoms. The summed E-state index contributed by atoms with van der Waals surface area (Å²) < 4.78 is 5.28. The number of rotatable bonds is 2. The maximum atomic E-state index is 12.1.